The summed E-state index contributed by atoms with van der Waals surface area (Å²) in [5, 5.41) is 11.4. The SMILES string of the molecule is CC(C)Cc1cc(-c2[c-]ccc3c2oc2ccccc23)ncc1[Si](C)(C)C.C[Si](C)(C)c1ccc(-c2[c-]cc3oc4ccccc4c3c2)nc1.C[Si](C)(C)c1ccc(-c2[c-]cc3sc4ccccc4c3c2)nc1.Cc1ccnc(-c2[c-]cccc2)c1.[2H]C([2H])([2H])c1ccc(-c2[c-]cccc2)nc1.[2H]c1[c-]c(-c2ccccn2)c([2H])c([2H])c1[2H].[Ir].[Ir].[Ir]. The van der Waals surface area contributed by atoms with Gasteiger partial charge >= 0.3 is 0 Å². The van der Waals surface area contributed by atoms with E-state index in [2.05, 4.69) is 245 Å². The third kappa shape index (κ3) is 22.0. The maximum absolute atomic E-state index is 7.71. The quantitative estimate of drug-likeness (QED) is 0.0932. The molecule has 0 aliphatic carbocycles. The van der Waals surface area contributed by atoms with E-state index in [9.17, 15) is 0 Å². The number of thiophene rings is 1. The smallest absolute Gasteiger partial charge is 0.120 e. The molecule has 3 radical (unpaired) electrons. The van der Waals surface area contributed by atoms with Gasteiger partial charge in [0.2, 0.25) is 0 Å². The van der Waals surface area contributed by atoms with Crippen molar-refractivity contribution in [2.45, 2.75) is 93.0 Å². The Labute approximate surface area is 729 Å². The predicted octanol–water partition coefficient (Wildman–Crippen LogP) is 24.9. The first-order valence-corrected chi connectivity index (χ1v) is 48.4. The van der Waals surface area contributed by atoms with Crippen molar-refractivity contribution in [3.8, 4) is 67.5 Å². The number of benzene rings is 9. The zero-order valence-electron chi connectivity index (χ0n) is 72.6. The molecule has 0 aliphatic heterocycles. The molecule has 0 atom stereocenters. The molecule has 0 amide bonds. The van der Waals surface area contributed by atoms with Gasteiger partial charge in [-0.1, -0.05) is 221 Å². The second kappa shape index (κ2) is 39.6. The average Bonchev–Trinajstić information content (AvgIpc) is 1.67. The van der Waals surface area contributed by atoms with Gasteiger partial charge in [0.05, 0.1) is 35.4 Å². The molecule has 9 aromatic heterocycles. The standard InChI is InChI=1S/C24H26NOSi.C20H18NOSi.C20H18NSSi.2C12H10N.C11H8N.3Ir/c1-16(2)13-17-14-21(25-15-23(17)27(3,4)5)20-11-8-10-19-18-9-6-7-12-22(18)26-24(19)20;2*1-23(2,3)15-9-10-18(21-13-15)14-8-11-20-17(12-14)16-6-4-5-7-19(16)22-20;1-10-7-8-13-12(9-10)11-5-3-2-4-6-11;1-10-7-8-12(13-9-10)11-5-3-2-4-6-11;1-2-6-10(7-3-1)11-8-4-5-9-12-11;;;/h6-10,12,14-16H,13H2,1-5H3;2*4-7,9-13H,1-3H3;2*2-5,7-9H,1H3;1-6,8-9H;;;/q6*-1;;;/i;;;;1D3;1D,2D,3D,6D;;;. The summed E-state index contributed by atoms with van der Waals surface area (Å²) in [5.41, 5.74) is 16.8. The Bertz CT molecular complexity index is 6340. The van der Waals surface area contributed by atoms with Crippen molar-refractivity contribution in [3.05, 3.63) is 345 Å². The van der Waals surface area contributed by atoms with Crippen LogP contribution in [-0.2, 0) is 66.7 Å². The zero-order valence-corrected chi connectivity index (χ0v) is 76.6. The molecule has 18 rings (SSSR count). The Morgan fingerprint density at radius 2 is 0.974 bits per heavy atom. The van der Waals surface area contributed by atoms with Gasteiger partial charge in [0, 0.05) is 120 Å². The Kier molecular flexibility index (Phi) is 26.7. The van der Waals surface area contributed by atoms with Crippen LogP contribution in [0.3, 0.4) is 0 Å². The Morgan fingerprint density at radius 3 is 1.57 bits per heavy atom. The van der Waals surface area contributed by atoms with Gasteiger partial charge in [0.25, 0.3) is 0 Å². The molecule has 0 unspecified atom stereocenters. The van der Waals surface area contributed by atoms with Crippen molar-refractivity contribution < 1.29 is 78.7 Å². The first-order chi connectivity index (χ1) is 56.4. The number of hydrogen-bond donors (Lipinski definition) is 0. The monoisotopic (exact) mass is 2100 g/mol. The third-order valence-electron chi connectivity index (χ3n) is 18.5. The van der Waals surface area contributed by atoms with Crippen LogP contribution >= 0.6 is 11.3 Å². The van der Waals surface area contributed by atoms with E-state index in [0.717, 1.165) is 107 Å². The van der Waals surface area contributed by atoms with Gasteiger partial charge < -0.3 is 38.7 Å². The molecule has 0 aliphatic rings. The first kappa shape index (κ1) is 76.9. The van der Waals surface area contributed by atoms with Gasteiger partial charge in [-0.25, -0.2) is 0 Å². The van der Waals surface area contributed by atoms with Crippen LogP contribution in [0.25, 0.3) is 132 Å². The fraction of sp³-hybridized carbons (Fsp3) is 0.152. The second-order valence-corrected chi connectivity index (χ2v) is 46.8. The van der Waals surface area contributed by atoms with Crippen LogP contribution in [0.4, 0.5) is 0 Å². The Morgan fingerprint density at radius 1 is 0.404 bits per heavy atom. The molecule has 0 N–H and O–H groups in total. The third-order valence-corrected chi connectivity index (χ3v) is 25.8. The normalized spacial score (nSPS) is 12.1. The minimum atomic E-state index is -2.09. The van der Waals surface area contributed by atoms with Crippen LogP contribution in [0.1, 0.15) is 40.1 Å². The molecule has 114 heavy (non-hydrogen) atoms. The molecule has 9 heterocycles. The second-order valence-electron chi connectivity index (χ2n) is 30.5. The van der Waals surface area contributed by atoms with Crippen LogP contribution in [0.5, 0.6) is 0 Å². The van der Waals surface area contributed by atoms with Gasteiger partial charge in [0.1, 0.15) is 11.2 Å². The molecule has 0 bridgehead atoms. The number of pyridine rings is 6. The molecule has 0 fully saturated rings. The van der Waals surface area contributed by atoms with Gasteiger partial charge in [-0.15, -0.1) is 173 Å². The van der Waals surface area contributed by atoms with Crippen molar-refractivity contribution in [2.75, 3.05) is 0 Å². The molecule has 9 aromatic carbocycles. The molecular weight excluding hydrogens is 2000 g/mol. The van der Waals surface area contributed by atoms with E-state index in [1.54, 1.807) is 42.6 Å². The summed E-state index contributed by atoms with van der Waals surface area (Å²) < 4.78 is 66.5. The largest absolute Gasteiger partial charge is 0.501 e. The summed E-state index contributed by atoms with van der Waals surface area (Å²) in [7, 11) is -4.06. The molecule has 579 valence electrons. The number of aryl methyl sites for hydroxylation is 2. The molecule has 18 aromatic rings. The minimum absolute atomic E-state index is 0. The summed E-state index contributed by atoms with van der Waals surface area (Å²) in [5.74, 6) is 0.612. The number of aromatic nitrogens is 6. The van der Waals surface area contributed by atoms with Crippen molar-refractivity contribution in [1.82, 2.24) is 29.9 Å². The topological polar surface area (TPSA) is 104 Å². The van der Waals surface area contributed by atoms with Crippen molar-refractivity contribution >= 4 is 115 Å². The van der Waals surface area contributed by atoms with E-state index in [4.69, 9.17) is 28.4 Å². The average molecular weight is 2100 g/mol. The number of hydrogen-bond acceptors (Lipinski definition) is 9. The Balaban J connectivity index is 0.000000154. The molecular formula is C99H90Ir3N6O2SSi3-6. The van der Waals surface area contributed by atoms with Gasteiger partial charge in [-0.3, -0.25) is 0 Å². The number of fused-ring (bicyclic) bond motifs is 9. The van der Waals surface area contributed by atoms with Gasteiger partial charge in [-0.2, -0.15) is 11.3 Å². The number of para-hydroxylation sites is 2. The molecule has 8 nitrogen and oxygen atoms in total. The van der Waals surface area contributed by atoms with Crippen molar-refractivity contribution in [2.24, 2.45) is 5.92 Å². The van der Waals surface area contributed by atoms with Crippen molar-refractivity contribution in [1.29, 1.82) is 0 Å². The van der Waals surface area contributed by atoms with Crippen LogP contribution < -0.4 is 15.6 Å². The van der Waals surface area contributed by atoms with Crippen LogP contribution in [0, 0.1) is 56.1 Å². The summed E-state index contributed by atoms with van der Waals surface area (Å²) in [6, 6.07) is 94.2. The Hall–Kier alpha value is -9.70. The number of rotatable bonds is 11. The molecule has 0 saturated carbocycles. The molecule has 0 saturated heterocycles. The van der Waals surface area contributed by atoms with E-state index >= 15 is 0 Å². The van der Waals surface area contributed by atoms with Crippen LogP contribution in [0.15, 0.2) is 301 Å². The zero-order chi connectivity index (χ0) is 83.6. The van der Waals surface area contributed by atoms with Crippen LogP contribution in [0.2, 0.25) is 58.9 Å². The van der Waals surface area contributed by atoms with E-state index in [1.807, 2.05) is 121 Å². The summed E-state index contributed by atoms with van der Waals surface area (Å²) in [6.45, 7) is 25.7. The molecule has 15 heteroatoms. The van der Waals surface area contributed by atoms with Gasteiger partial charge in [-0.05, 0) is 125 Å². The maximum Gasteiger partial charge on any atom is 0.120 e. The predicted molar refractivity (Wildman–Crippen MR) is 475 cm³/mol. The van der Waals surface area contributed by atoms with E-state index in [1.165, 1.54) is 53.1 Å². The van der Waals surface area contributed by atoms with E-state index in [0.29, 0.717) is 17.2 Å². The number of furan rings is 2. The fourth-order valence-corrected chi connectivity index (χ4v) is 17.4. The first-order valence-electron chi connectivity index (χ1n) is 40.6. The minimum Gasteiger partial charge on any atom is -0.501 e. The maximum atomic E-state index is 7.71. The van der Waals surface area contributed by atoms with E-state index in [-0.39, 0.29) is 90.0 Å². The van der Waals surface area contributed by atoms with Crippen molar-refractivity contribution in [3.63, 3.8) is 0 Å². The summed E-state index contributed by atoms with van der Waals surface area (Å²) in [4.78, 5) is 26.6. The van der Waals surface area contributed by atoms with E-state index < -0.39 is 31.1 Å². The van der Waals surface area contributed by atoms with Gasteiger partial charge in [0.15, 0.2) is 0 Å². The van der Waals surface area contributed by atoms with Crippen LogP contribution in [-0.4, -0.2) is 54.1 Å². The fourth-order valence-electron chi connectivity index (χ4n) is 12.7. The molecule has 0 spiro atoms. The number of nitrogens with zero attached hydrogens (tertiary/aromatic N) is 6. The summed E-state index contributed by atoms with van der Waals surface area (Å²) in [6.07, 6.45) is 12.0. The summed E-state index contributed by atoms with van der Waals surface area (Å²) >= 11 is 1.83.